The Kier molecular flexibility index (Phi) is 6.11. The second-order valence-electron chi connectivity index (χ2n) is 5.41. The minimum atomic E-state index is -0.795. The predicted molar refractivity (Wildman–Crippen MR) is 68.2 cm³/mol. The van der Waals surface area contributed by atoms with Gasteiger partial charge in [-0.3, -0.25) is 4.79 Å². The van der Waals surface area contributed by atoms with Crippen LogP contribution in [0.5, 0.6) is 0 Å². The van der Waals surface area contributed by atoms with Gasteiger partial charge in [-0.05, 0) is 20.8 Å². The minimum absolute atomic E-state index is 0.118. The Morgan fingerprint density at radius 2 is 1.61 bits per heavy atom. The number of carbonyl (C=O) groups excluding carboxylic acids is 2. The second-order valence-corrected chi connectivity index (χ2v) is 5.41. The lowest BCUT2D eigenvalue weighted by atomic mass is 10.2. The van der Waals surface area contributed by atoms with Gasteiger partial charge in [0.05, 0.1) is 12.6 Å². The number of hydrogen-bond acceptors (Lipinski definition) is 4. The quantitative estimate of drug-likeness (QED) is 0.807. The van der Waals surface area contributed by atoms with Crippen molar-refractivity contribution in [2.45, 2.75) is 39.4 Å². The molecule has 0 aromatic carbocycles. The first-order valence-corrected chi connectivity index (χ1v) is 5.87. The van der Waals surface area contributed by atoms with Crippen molar-refractivity contribution in [2.24, 2.45) is 0 Å². The summed E-state index contributed by atoms with van der Waals surface area (Å²) in [6, 6.07) is 0. The van der Waals surface area contributed by atoms with Crippen LogP contribution in [-0.2, 0) is 9.53 Å². The summed E-state index contributed by atoms with van der Waals surface area (Å²) in [5, 5.41) is 9.74. The standard InChI is InChI=1S/C12H24N2O4/c1-9(15)13(5)7-10(16)8-14(6)11(17)18-12(2,3)4/h10,16H,7-8H2,1-6H3. The number of likely N-dealkylation sites (N-methyl/N-ethyl adjacent to an activating group) is 2. The molecule has 1 N–H and O–H groups in total. The van der Waals surface area contributed by atoms with E-state index in [9.17, 15) is 14.7 Å². The molecule has 106 valence electrons. The zero-order chi connectivity index (χ0) is 14.5. The van der Waals surface area contributed by atoms with E-state index in [1.54, 1.807) is 34.9 Å². The predicted octanol–water partition coefficient (Wildman–Crippen LogP) is 0.693. The highest BCUT2D eigenvalue weighted by Gasteiger charge is 2.21. The summed E-state index contributed by atoms with van der Waals surface area (Å²) >= 11 is 0. The number of rotatable bonds is 4. The summed E-state index contributed by atoms with van der Waals surface area (Å²) in [6.45, 7) is 7.05. The van der Waals surface area contributed by atoms with E-state index >= 15 is 0 Å². The van der Waals surface area contributed by atoms with E-state index in [1.807, 2.05) is 0 Å². The van der Waals surface area contributed by atoms with E-state index in [1.165, 1.54) is 16.7 Å². The molecule has 18 heavy (non-hydrogen) atoms. The maximum atomic E-state index is 11.6. The molecule has 0 aromatic heterocycles. The van der Waals surface area contributed by atoms with E-state index in [0.29, 0.717) is 0 Å². The van der Waals surface area contributed by atoms with E-state index in [-0.39, 0.29) is 19.0 Å². The van der Waals surface area contributed by atoms with E-state index in [0.717, 1.165) is 0 Å². The molecular weight excluding hydrogens is 236 g/mol. The molecular formula is C12H24N2O4. The first-order valence-electron chi connectivity index (χ1n) is 5.87. The molecule has 2 amide bonds. The number of aliphatic hydroxyl groups is 1. The summed E-state index contributed by atoms with van der Waals surface area (Å²) < 4.78 is 5.15. The van der Waals surface area contributed by atoms with Crippen LogP contribution in [0.3, 0.4) is 0 Å². The van der Waals surface area contributed by atoms with Gasteiger partial charge in [-0.15, -0.1) is 0 Å². The van der Waals surface area contributed by atoms with Crippen LogP contribution in [0.25, 0.3) is 0 Å². The fourth-order valence-electron chi connectivity index (χ4n) is 1.23. The highest BCUT2D eigenvalue weighted by atomic mass is 16.6. The van der Waals surface area contributed by atoms with Gasteiger partial charge in [-0.2, -0.15) is 0 Å². The van der Waals surface area contributed by atoms with Crippen LogP contribution in [0.15, 0.2) is 0 Å². The van der Waals surface area contributed by atoms with Gasteiger partial charge in [0.15, 0.2) is 0 Å². The molecule has 0 aliphatic heterocycles. The van der Waals surface area contributed by atoms with Crippen molar-refractivity contribution in [3.63, 3.8) is 0 Å². The van der Waals surface area contributed by atoms with Gasteiger partial charge in [0.1, 0.15) is 5.60 Å². The van der Waals surface area contributed by atoms with Crippen LogP contribution in [0.4, 0.5) is 4.79 Å². The maximum Gasteiger partial charge on any atom is 0.410 e. The van der Waals surface area contributed by atoms with Crippen LogP contribution in [0.2, 0.25) is 0 Å². The molecule has 0 aromatic rings. The number of carbonyl (C=O) groups is 2. The zero-order valence-electron chi connectivity index (χ0n) is 12.1. The van der Waals surface area contributed by atoms with Crippen LogP contribution in [0, 0.1) is 0 Å². The first kappa shape index (κ1) is 16.7. The highest BCUT2D eigenvalue weighted by molar-refractivity contribution is 5.72. The van der Waals surface area contributed by atoms with Crippen LogP contribution < -0.4 is 0 Å². The SMILES string of the molecule is CC(=O)N(C)CC(O)CN(C)C(=O)OC(C)(C)C. The first-order chi connectivity index (χ1) is 8.03. The lowest BCUT2D eigenvalue weighted by Crippen LogP contribution is -2.42. The molecule has 0 saturated carbocycles. The van der Waals surface area contributed by atoms with Gasteiger partial charge in [0, 0.05) is 27.6 Å². The summed E-state index contributed by atoms with van der Waals surface area (Å²) in [5.74, 6) is -0.131. The van der Waals surface area contributed by atoms with Gasteiger partial charge >= 0.3 is 6.09 Å². The van der Waals surface area contributed by atoms with Crippen molar-refractivity contribution in [1.82, 2.24) is 9.80 Å². The molecule has 0 spiro atoms. The highest BCUT2D eigenvalue weighted by Crippen LogP contribution is 2.09. The summed E-state index contributed by atoms with van der Waals surface area (Å²) in [4.78, 5) is 25.3. The average Bonchev–Trinajstić information content (AvgIpc) is 2.14. The molecule has 1 unspecified atom stereocenters. The lowest BCUT2D eigenvalue weighted by Gasteiger charge is -2.27. The van der Waals surface area contributed by atoms with Crippen molar-refractivity contribution in [3.8, 4) is 0 Å². The number of nitrogens with zero attached hydrogens (tertiary/aromatic N) is 2. The Morgan fingerprint density at radius 3 is 2.00 bits per heavy atom. The normalized spacial score (nSPS) is 12.8. The molecule has 0 bridgehead atoms. The van der Waals surface area contributed by atoms with E-state index in [4.69, 9.17) is 4.74 Å². The summed E-state index contributed by atoms with van der Waals surface area (Å²) in [5.41, 5.74) is -0.563. The topological polar surface area (TPSA) is 70.1 Å². The van der Waals surface area contributed by atoms with Gasteiger partial charge in [0.2, 0.25) is 5.91 Å². The third-order valence-corrected chi connectivity index (χ3v) is 2.21. The minimum Gasteiger partial charge on any atom is -0.444 e. The van der Waals surface area contributed by atoms with Crippen LogP contribution in [-0.4, -0.2) is 65.8 Å². The molecule has 0 fully saturated rings. The molecule has 0 aliphatic rings. The second kappa shape index (κ2) is 6.58. The fraction of sp³-hybridized carbons (Fsp3) is 0.833. The number of ether oxygens (including phenoxy) is 1. The van der Waals surface area contributed by atoms with Crippen molar-refractivity contribution in [2.75, 3.05) is 27.2 Å². The van der Waals surface area contributed by atoms with Crippen molar-refractivity contribution < 1.29 is 19.4 Å². The Balaban J connectivity index is 4.19. The molecule has 6 heteroatoms. The smallest absolute Gasteiger partial charge is 0.410 e. The molecule has 0 radical (unpaired) electrons. The van der Waals surface area contributed by atoms with Crippen molar-refractivity contribution >= 4 is 12.0 Å². The molecule has 6 nitrogen and oxygen atoms in total. The molecule has 1 atom stereocenters. The Morgan fingerprint density at radius 1 is 1.17 bits per heavy atom. The van der Waals surface area contributed by atoms with Crippen LogP contribution in [0.1, 0.15) is 27.7 Å². The van der Waals surface area contributed by atoms with Gasteiger partial charge in [-0.25, -0.2) is 4.79 Å². The lowest BCUT2D eigenvalue weighted by molar-refractivity contribution is -0.128. The molecule has 0 saturated heterocycles. The Bertz CT molecular complexity index is 299. The van der Waals surface area contributed by atoms with Crippen molar-refractivity contribution in [3.05, 3.63) is 0 Å². The van der Waals surface area contributed by atoms with Gasteiger partial charge < -0.3 is 19.6 Å². The van der Waals surface area contributed by atoms with Crippen molar-refractivity contribution in [1.29, 1.82) is 0 Å². The average molecular weight is 260 g/mol. The third-order valence-electron chi connectivity index (χ3n) is 2.21. The molecule has 0 heterocycles. The largest absolute Gasteiger partial charge is 0.444 e. The monoisotopic (exact) mass is 260 g/mol. The van der Waals surface area contributed by atoms with E-state index in [2.05, 4.69) is 0 Å². The summed E-state index contributed by atoms with van der Waals surface area (Å²) in [6.07, 6.45) is -1.29. The third kappa shape index (κ3) is 7.11. The van der Waals surface area contributed by atoms with Crippen LogP contribution >= 0.6 is 0 Å². The molecule has 0 rings (SSSR count). The van der Waals surface area contributed by atoms with E-state index < -0.39 is 17.8 Å². The number of hydrogen-bond donors (Lipinski definition) is 1. The maximum absolute atomic E-state index is 11.6. The summed E-state index contributed by atoms with van der Waals surface area (Å²) in [7, 11) is 3.14. The molecule has 0 aliphatic carbocycles. The van der Waals surface area contributed by atoms with Gasteiger partial charge in [0.25, 0.3) is 0 Å². The Hall–Kier alpha value is -1.30. The number of aliphatic hydroxyl groups excluding tert-OH is 1. The Labute approximate surface area is 109 Å². The van der Waals surface area contributed by atoms with Gasteiger partial charge in [-0.1, -0.05) is 0 Å². The fourth-order valence-corrected chi connectivity index (χ4v) is 1.23. The zero-order valence-corrected chi connectivity index (χ0v) is 12.1. The number of amides is 2.